The summed E-state index contributed by atoms with van der Waals surface area (Å²) in [6.45, 7) is 5.69. The molecule has 1 aliphatic rings. The Morgan fingerprint density at radius 1 is 1.52 bits per heavy atom. The van der Waals surface area contributed by atoms with Gasteiger partial charge in [0, 0.05) is 19.5 Å². The second kappa shape index (κ2) is 6.98. The quantitative estimate of drug-likeness (QED) is 0.742. The van der Waals surface area contributed by atoms with Gasteiger partial charge in [-0.2, -0.15) is 0 Å². The third kappa shape index (κ3) is 6.20. The standard InChI is InChI=1S/C13H21ClN2O5/c1-13(2,3)21-12(20)15-9(11(18)19)4-5-16-7-8(14)6-10(16)17/h8-9H,4-7H2,1-3H3,(H,15,20)(H,18,19)/t8?,9-/m0/s1. The number of nitrogens with one attached hydrogen (secondary N) is 1. The highest BCUT2D eigenvalue weighted by atomic mass is 35.5. The molecule has 0 aromatic carbocycles. The summed E-state index contributed by atoms with van der Waals surface area (Å²) in [5.41, 5.74) is -0.704. The molecule has 0 bridgehead atoms. The molecular formula is C13H21ClN2O5. The highest BCUT2D eigenvalue weighted by Crippen LogP contribution is 2.16. The first kappa shape index (κ1) is 17.6. The molecular weight excluding hydrogens is 300 g/mol. The molecule has 0 aromatic heterocycles. The molecule has 0 radical (unpaired) electrons. The monoisotopic (exact) mass is 320 g/mol. The molecule has 0 spiro atoms. The number of rotatable bonds is 5. The van der Waals surface area contributed by atoms with Crippen LogP contribution in [-0.4, -0.2) is 58.1 Å². The maximum atomic E-state index is 11.6. The average molecular weight is 321 g/mol. The largest absolute Gasteiger partial charge is 0.480 e. The summed E-state index contributed by atoms with van der Waals surface area (Å²) in [5, 5.41) is 11.2. The highest BCUT2D eigenvalue weighted by Gasteiger charge is 2.30. The van der Waals surface area contributed by atoms with Gasteiger partial charge >= 0.3 is 12.1 Å². The summed E-state index contributed by atoms with van der Waals surface area (Å²) in [5.74, 6) is -1.27. The molecule has 1 saturated heterocycles. The number of carbonyl (C=O) groups excluding carboxylic acids is 2. The molecule has 2 amide bonds. The molecule has 0 aromatic rings. The Morgan fingerprint density at radius 3 is 2.57 bits per heavy atom. The topological polar surface area (TPSA) is 95.9 Å². The Morgan fingerprint density at radius 2 is 2.14 bits per heavy atom. The van der Waals surface area contributed by atoms with Gasteiger partial charge in [-0.1, -0.05) is 0 Å². The Balaban J connectivity index is 2.49. The predicted octanol–water partition coefficient (Wildman–Crippen LogP) is 1.19. The lowest BCUT2D eigenvalue weighted by molar-refractivity contribution is -0.140. The Kier molecular flexibility index (Phi) is 5.83. The zero-order chi connectivity index (χ0) is 16.2. The van der Waals surface area contributed by atoms with E-state index in [4.69, 9.17) is 21.4 Å². The van der Waals surface area contributed by atoms with Crippen molar-refractivity contribution in [2.75, 3.05) is 13.1 Å². The first-order valence-electron chi connectivity index (χ1n) is 6.72. The lowest BCUT2D eigenvalue weighted by atomic mass is 10.2. The zero-order valence-electron chi connectivity index (χ0n) is 12.4. The van der Waals surface area contributed by atoms with Crippen molar-refractivity contribution < 1.29 is 24.2 Å². The molecule has 1 fully saturated rings. The fourth-order valence-corrected chi connectivity index (χ4v) is 2.23. The fraction of sp³-hybridized carbons (Fsp3) is 0.769. The van der Waals surface area contributed by atoms with Crippen LogP contribution >= 0.6 is 11.6 Å². The predicted molar refractivity (Wildman–Crippen MR) is 76.2 cm³/mol. The van der Waals surface area contributed by atoms with Gasteiger partial charge in [0.2, 0.25) is 5.91 Å². The van der Waals surface area contributed by atoms with Crippen molar-refractivity contribution in [1.29, 1.82) is 0 Å². The number of alkyl halides is 1. The number of carboxylic acid groups (broad SMARTS) is 1. The number of nitrogens with zero attached hydrogens (tertiary/aromatic N) is 1. The number of carboxylic acids is 1. The van der Waals surface area contributed by atoms with Gasteiger partial charge < -0.3 is 20.1 Å². The summed E-state index contributed by atoms with van der Waals surface area (Å²) >= 11 is 5.87. The van der Waals surface area contributed by atoms with E-state index in [1.807, 2.05) is 0 Å². The number of carbonyl (C=O) groups is 3. The lowest BCUT2D eigenvalue weighted by Crippen LogP contribution is -2.45. The van der Waals surface area contributed by atoms with Gasteiger partial charge in [0.15, 0.2) is 0 Å². The van der Waals surface area contributed by atoms with Crippen LogP contribution in [-0.2, 0) is 14.3 Å². The number of ether oxygens (including phenoxy) is 1. The zero-order valence-corrected chi connectivity index (χ0v) is 13.1. The third-order valence-corrected chi connectivity index (χ3v) is 3.14. The van der Waals surface area contributed by atoms with Crippen LogP contribution in [0.1, 0.15) is 33.6 Å². The van der Waals surface area contributed by atoms with Crippen LogP contribution in [0.3, 0.4) is 0 Å². The summed E-state index contributed by atoms with van der Waals surface area (Å²) in [6, 6.07) is -1.11. The molecule has 1 rings (SSSR count). The van der Waals surface area contributed by atoms with Gasteiger partial charge in [-0.25, -0.2) is 9.59 Å². The second-order valence-corrected chi connectivity index (χ2v) is 6.58. The van der Waals surface area contributed by atoms with E-state index in [1.54, 1.807) is 20.8 Å². The molecule has 21 heavy (non-hydrogen) atoms. The molecule has 0 saturated carbocycles. The van der Waals surface area contributed by atoms with Gasteiger partial charge in [-0.3, -0.25) is 4.79 Å². The van der Waals surface area contributed by atoms with E-state index in [0.29, 0.717) is 6.54 Å². The maximum absolute atomic E-state index is 11.6. The average Bonchev–Trinajstić information content (AvgIpc) is 2.60. The lowest BCUT2D eigenvalue weighted by Gasteiger charge is -2.23. The first-order valence-corrected chi connectivity index (χ1v) is 7.16. The van der Waals surface area contributed by atoms with Crippen LogP contribution < -0.4 is 5.32 Å². The normalized spacial score (nSPS) is 20.3. The molecule has 1 heterocycles. The highest BCUT2D eigenvalue weighted by molar-refractivity contribution is 6.22. The van der Waals surface area contributed by atoms with E-state index in [0.717, 1.165) is 0 Å². The van der Waals surface area contributed by atoms with Crippen molar-refractivity contribution >= 4 is 29.6 Å². The van der Waals surface area contributed by atoms with E-state index >= 15 is 0 Å². The minimum Gasteiger partial charge on any atom is -0.480 e. The molecule has 7 nitrogen and oxygen atoms in total. The Bertz CT molecular complexity index is 421. The number of aliphatic carboxylic acids is 1. The van der Waals surface area contributed by atoms with Gasteiger partial charge in [0.1, 0.15) is 11.6 Å². The minimum atomic E-state index is -1.17. The first-order chi connectivity index (χ1) is 9.58. The molecule has 1 aliphatic heterocycles. The van der Waals surface area contributed by atoms with Gasteiger partial charge in [0.25, 0.3) is 0 Å². The third-order valence-electron chi connectivity index (χ3n) is 2.84. The van der Waals surface area contributed by atoms with Crippen LogP contribution in [0.15, 0.2) is 0 Å². The summed E-state index contributed by atoms with van der Waals surface area (Å²) in [6.07, 6.45) is -0.430. The number of alkyl carbamates (subject to hydrolysis) is 1. The van der Waals surface area contributed by atoms with E-state index in [1.165, 1.54) is 4.90 Å². The van der Waals surface area contributed by atoms with Gasteiger partial charge in [-0.05, 0) is 27.2 Å². The van der Waals surface area contributed by atoms with Crippen molar-refractivity contribution in [3.05, 3.63) is 0 Å². The van der Waals surface area contributed by atoms with E-state index < -0.39 is 23.7 Å². The van der Waals surface area contributed by atoms with Crippen molar-refractivity contribution in [2.24, 2.45) is 0 Å². The van der Waals surface area contributed by atoms with Crippen LogP contribution in [0.25, 0.3) is 0 Å². The number of likely N-dealkylation sites (tertiary alicyclic amines) is 1. The van der Waals surface area contributed by atoms with E-state index in [9.17, 15) is 14.4 Å². The van der Waals surface area contributed by atoms with Gasteiger partial charge in [0.05, 0.1) is 5.38 Å². The van der Waals surface area contributed by atoms with Crippen LogP contribution in [0.5, 0.6) is 0 Å². The molecule has 8 heteroatoms. The molecule has 2 atom stereocenters. The summed E-state index contributed by atoms with van der Waals surface area (Å²) in [7, 11) is 0. The molecule has 1 unspecified atom stereocenters. The van der Waals surface area contributed by atoms with E-state index in [-0.39, 0.29) is 30.7 Å². The van der Waals surface area contributed by atoms with Crippen LogP contribution in [0.4, 0.5) is 4.79 Å². The van der Waals surface area contributed by atoms with Gasteiger partial charge in [-0.15, -0.1) is 11.6 Å². The molecule has 0 aliphatic carbocycles. The minimum absolute atomic E-state index is 0.101. The van der Waals surface area contributed by atoms with Crippen LogP contribution in [0.2, 0.25) is 0 Å². The Hall–Kier alpha value is -1.50. The summed E-state index contributed by atoms with van der Waals surface area (Å²) < 4.78 is 5.01. The van der Waals surface area contributed by atoms with E-state index in [2.05, 4.69) is 5.32 Å². The number of hydrogen-bond donors (Lipinski definition) is 2. The smallest absolute Gasteiger partial charge is 0.408 e. The van der Waals surface area contributed by atoms with Crippen molar-refractivity contribution in [3.63, 3.8) is 0 Å². The summed E-state index contributed by atoms with van der Waals surface area (Å²) in [4.78, 5) is 35.8. The molecule has 120 valence electrons. The Labute approximate surface area is 128 Å². The molecule has 2 N–H and O–H groups in total. The van der Waals surface area contributed by atoms with Crippen molar-refractivity contribution in [2.45, 2.75) is 50.6 Å². The number of amides is 2. The maximum Gasteiger partial charge on any atom is 0.408 e. The second-order valence-electron chi connectivity index (χ2n) is 5.97. The van der Waals surface area contributed by atoms with Crippen molar-refractivity contribution in [1.82, 2.24) is 10.2 Å². The van der Waals surface area contributed by atoms with Crippen LogP contribution in [0, 0.1) is 0 Å². The number of hydrogen-bond acceptors (Lipinski definition) is 4. The fourth-order valence-electron chi connectivity index (χ4n) is 1.93. The van der Waals surface area contributed by atoms with Crippen molar-refractivity contribution in [3.8, 4) is 0 Å². The number of halogens is 1. The SMILES string of the molecule is CC(C)(C)OC(=O)N[C@@H](CCN1CC(Cl)CC1=O)C(=O)O.